The van der Waals surface area contributed by atoms with Crippen molar-refractivity contribution in [1.29, 1.82) is 0 Å². The van der Waals surface area contributed by atoms with Gasteiger partial charge in [0, 0.05) is 5.56 Å². The van der Waals surface area contributed by atoms with Crippen LogP contribution in [0.2, 0.25) is 0 Å². The molecule has 0 unspecified atom stereocenters. The second kappa shape index (κ2) is 6.84. The van der Waals surface area contributed by atoms with Crippen LogP contribution < -0.4 is 0 Å². The molecule has 124 valence electrons. The highest BCUT2D eigenvalue weighted by Gasteiger charge is 2.30. The number of nitrogens with zero attached hydrogens (tertiary/aromatic N) is 2. The number of H-pyrrole nitrogens is 1. The lowest BCUT2D eigenvalue weighted by atomic mass is 10.1. The molecule has 0 spiro atoms. The summed E-state index contributed by atoms with van der Waals surface area (Å²) in [7, 11) is 0. The molecule has 7 heteroatoms. The molecule has 0 fully saturated rings. The number of rotatable bonds is 5. The van der Waals surface area contributed by atoms with Gasteiger partial charge in [0.15, 0.2) is 11.6 Å². The van der Waals surface area contributed by atoms with Gasteiger partial charge in [-0.1, -0.05) is 42.5 Å². The summed E-state index contributed by atoms with van der Waals surface area (Å²) in [6, 6.07) is 14.4. The Balaban J connectivity index is 1.61. The Morgan fingerprint density at radius 2 is 1.62 bits per heavy atom. The van der Waals surface area contributed by atoms with E-state index in [4.69, 9.17) is 4.74 Å². The van der Waals surface area contributed by atoms with Crippen molar-refractivity contribution in [3.63, 3.8) is 0 Å². The van der Waals surface area contributed by atoms with Crippen molar-refractivity contribution in [1.82, 2.24) is 15.2 Å². The van der Waals surface area contributed by atoms with Crippen LogP contribution in [0.3, 0.4) is 0 Å². The van der Waals surface area contributed by atoms with Crippen LogP contribution in [0.4, 0.5) is 13.2 Å². The number of ether oxygens (including phenoxy) is 1. The molecule has 0 atom stereocenters. The van der Waals surface area contributed by atoms with Crippen molar-refractivity contribution in [2.24, 2.45) is 0 Å². The third-order valence-corrected chi connectivity index (χ3v) is 3.35. The van der Waals surface area contributed by atoms with Crippen LogP contribution in [0.25, 0.3) is 11.4 Å². The molecule has 0 bridgehead atoms. The number of hydrogen-bond acceptors (Lipinski definition) is 3. The van der Waals surface area contributed by atoms with Gasteiger partial charge in [0.05, 0.1) is 12.2 Å². The third kappa shape index (κ3) is 3.99. The Morgan fingerprint density at radius 3 is 2.29 bits per heavy atom. The summed E-state index contributed by atoms with van der Waals surface area (Å²) in [5.41, 5.74) is 0.849. The second-order valence-electron chi connectivity index (χ2n) is 5.16. The molecule has 0 radical (unpaired) electrons. The van der Waals surface area contributed by atoms with Crippen LogP contribution in [0.15, 0.2) is 54.6 Å². The molecule has 0 saturated carbocycles. The Hall–Kier alpha value is -2.67. The third-order valence-electron chi connectivity index (χ3n) is 3.35. The summed E-state index contributed by atoms with van der Waals surface area (Å²) in [6.45, 7) is 0.680. The molecular formula is C17H14F3N3O. The monoisotopic (exact) mass is 333 g/mol. The smallest absolute Gasteiger partial charge is 0.369 e. The van der Waals surface area contributed by atoms with E-state index < -0.39 is 11.7 Å². The van der Waals surface area contributed by atoms with Gasteiger partial charge in [0.25, 0.3) is 0 Å². The van der Waals surface area contributed by atoms with Crippen LogP contribution in [0.5, 0.6) is 0 Å². The van der Waals surface area contributed by atoms with E-state index in [0.29, 0.717) is 23.8 Å². The average molecular weight is 333 g/mol. The van der Waals surface area contributed by atoms with Crippen molar-refractivity contribution >= 4 is 0 Å². The van der Waals surface area contributed by atoms with Crippen LogP contribution in [-0.2, 0) is 24.1 Å². The summed E-state index contributed by atoms with van der Waals surface area (Å²) < 4.78 is 43.2. The zero-order chi connectivity index (χ0) is 17.0. The standard InChI is InChI=1S/C17H14F3N3O/c18-17(19,20)14-8-6-13(7-9-14)16-21-15(22-23-16)11-24-10-12-4-2-1-3-5-12/h1-9H,10-11H2,(H,21,22,23). The number of nitrogens with one attached hydrogen (secondary N) is 1. The first-order valence-electron chi connectivity index (χ1n) is 7.23. The molecule has 24 heavy (non-hydrogen) atoms. The first-order valence-corrected chi connectivity index (χ1v) is 7.23. The first-order chi connectivity index (χ1) is 11.5. The molecule has 1 N–H and O–H groups in total. The molecule has 4 nitrogen and oxygen atoms in total. The van der Waals surface area contributed by atoms with Gasteiger partial charge in [0.1, 0.15) is 6.61 Å². The van der Waals surface area contributed by atoms with Gasteiger partial charge in [-0.05, 0) is 17.7 Å². The zero-order valence-electron chi connectivity index (χ0n) is 12.5. The summed E-state index contributed by atoms with van der Waals surface area (Å²) in [4.78, 5) is 4.23. The largest absolute Gasteiger partial charge is 0.416 e. The summed E-state index contributed by atoms with van der Waals surface area (Å²) in [5.74, 6) is 0.850. The Morgan fingerprint density at radius 1 is 0.917 bits per heavy atom. The Labute approximate surface area is 136 Å². The van der Waals surface area contributed by atoms with Gasteiger partial charge in [-0.15, -0.1) is 0 Å². The molecule has 0 saturated heterocycles. The lowest BCUT2D eigenvalue weighted by molar-refractivity contribution is -0.137. The van der Waals surface area contributed by atoms with E-state index >= 15 is 0 Å². The molecule has 0 amide bonds. The van der Waals surface area contributed by atoms with Crippen molar-refractivity contribution in [3.05, 3.63) is 71.5 Å². The number of hydrogen-bond donors (Lipinski definition) is 1. The van der Waals surface area contributed by atoms with Crippen LogP contribution >= 0.6 is 0 Å². The second-order valence-corrected chi connectivity index (χ2v) is 5.16. The maximum atomic E-state index is 12.6. The first kappa shape index (κ1) is 16.2. The normalized spacial score (nSPS) is 11.6. The van der Waals surface area contributed by atoms with E-state index in [0.717, 1.165) is 17.7 Å². The highest BCUT2D eigenvalue weighted by molar-refractivity contribution is 5.55. The van der Waals surface area contributed by atoms with Gasteiger partial charge in [-0.3, -0.25) is 5.10 Å². The maximum Gasteiger partial charge on any atom is 0.416 e. The summed E-state index contributed by atoms with van der Waals surface area (Å²) >= 11 is 0. The molecule has 1 heterocycles. The number of aromatic amines is 1. The molecule has 0 aliphatic heterocycles. The summed E-state index contributed by atoms with van der Waals surface area (Å²) in [6.07, 6.45) is -4.35. The molecule has 3 rings (SSSR count). The molecule has 0 aliphatic rings. The zero-order valence-corrected chi connectivity index (χ0v) is 12.5. The van der Waals surface area contributed by atoms with Gasteiger partial charge in [-0.25, -0.2) is 4.98 Å². The highest BCUT2D eigenvalue weighted by atomic mass is 19.4. The number of aromatic nitrogens is 3. The van der Waals surface area contributed by atoms with E-state index in [1.54, 1.807) is 0 Å². The van der Waals surface area contributed by atoms with E-state index in [2.05, 4.69) is 15.2 Å². The quantitative estimate of drug-likeness (QED) is 0.761. The van der Waals surface area contributed by atoms with E-state index in [-0.39, 0.29) is 6.61 Å². The Kier molecular flexibility index (Phi) is 4.61. The molecule has 0 aliphatic carbocycles. The predicted molar refractivity (Wildman–Crippen MR) is 81.8 cm³/mol. The topological polar surface area (TPSA) is 50.8 Å². The maximum absolute atomic E-state index is 12.6. The SMILES string of the molecule is FC(F)(F)c1ccc(-c2n[nH]c(COCc3ccccc3)n2)cc1. The minimum Gasteiger partial charge on any atom is -0.369 e. The Bertz CT molecular complexity index is 783. The minimum atomic E-state index is -4.35. The van der Waals surface area contributed by atoms with Gasteiger partial charge < -0.3 is 4.74 Å². The van der Waals surface area contributed by atoms with Crippen LogP contribution in [-0.4, -0.2) is 15.2 Å². The average Bonchev–Trinajstić information content (AvgIpc) is 3.04. The lowest BCUT2D eigenvalue weighted by Gasteiger charge is -2.06. The van der Waals surface area contributed by atoms with Crippen molar-refractivity contribution < 1.29 is 17.9 Å². The van der Waals surface area contributed by atoms with Gasteiger partial charge >= 0.3 is 6.18 Å². The molecule has 1 aromatic heterocycles. The van der Waals surface area contributed by atoms with E-state index in [1.807, 2.05) is 30.3 Å². The lowest BCUT2D eigenvalue weighted by Crippen LogP contribution is -2.04. The van der Waals surface area contributed by atoms with Crippen molar-refractivity contribution in [3.8, 4) is 11.4 Å². The van der Waals surface area contributed by atoms with Crippen molar-refractivity contribution in [2.75, 3.05) is 0 Å². The predicted octanol–water partition coefficient (Wildman–Crippen LogP) is 4.21. The fourth-order valence-electron chi connectivity index (χ4n) is 2.14. The van der Waals surface area contributed by atoms with E-state index in [1.165, 1.54) is 12.1 Å². The van der Waals surface area contributed by atoms with Crippen LogP contribution in [0.1, 0.15) is 17.0 Å². The summed E-state index contributed by atoms with van der Waals surface area (Å²) in [5, 5.41) is 6.73. The van der Waals surface area contributed by atoms with E-state index in [9.17, 15) is 13.2 Å². The fourth-order valence-corrected chi connectivity index (χ4v) is 2.14. The molecule has 2 aromatic carbocycles. The van der Waals surface area contributed by atoms with Gasteiger partial charge in [0.2, 0.25) is 0 Å². The highest BCUT2D eigenvalue weighted by Crippen LogP contribution is 2.30. The molecule has 3 aromatic rings. The minimum absolute atomic E-state index is 0.239. The van der Waals surface area contributed by atoms with Crippen molar-refractivity contribution in [2.45, 2.75) is 19.4 Å². The van der Waals surface area contributed by atoms with Gasteiger partial charge in [-0.2, -0.15) is 18.3 Å². The fraction of sp³-hybridized carbons (Fsp3) is 0.176. The number of benzene rings is 2. The van der Waals surface area contributed by atoms with Crippen LogP contribution in [0, 0.1) is 0 Å². The number of alkyl halides is 3. The molecular weight excluding hydrogens is 319 g/mol. The number of halogens is 3.